The number of carbonyl (C=O) groups is 2. The van der Waals surface area contributed by atoms with Gasteiger partial charge < -0.3 is 15.7 Å². The van der Waals surface area contributed by atoms with Crippen LogP contribution in [0.2, 0.25) is 0 Å². The zero-order chi connectivity index (χ0) is 11.3. The van der Waals surface area contributed by atoms with Crippen molar-refractivity contribution in [2.75, 3.05) is 6.54 Å². The van der Waals surface area contributed by atoms with Gasteiger partial charge in [0, 0.05) is 19.0 Å². The minimum Gasteiger partial charge on any atom is -0.480 e. The molecule has 0 unspecified atom stereocenters. The zero-order valence-electron chi connectivity index (χ0n) is 8.95. The summed E-state index contributed by atoms with van der Waals surface area (Å²) < 4.78 is 0. The van der Waals surface area contributed by atoms with E-state index in [0.717, 1.165) is 25.7 Å². The number of carbonyl (C=O) groups excluding carboxylic acids is 1. The van der Waals surface area contributed by atoms with Gasteiger partial charge in [-0.15, -0.1) is 0 Å². The van der Waals surface area contributed by atoms with Gasteiger partial charge in [0.2, 0.25) is 5.91 Å². The van der Waals surface area contributed by atoms with Crippen molar-refractivity contribution in [3.05, 3.63) is 0 Å². The van der Waals surface area contributed by atoms with Gasteiger partial charge in [-0.05, 0) is 12.8 Å². The van der Waals surface area contributed by atoms with Crippen molar-refractivity contribution in [2.45, 2.75) is 44.7 Å². The van der Waals surface area contributed by atoms with Gasteiger partial charge in [-0.25, -0.2) is 0 Å². The molecule has 3 N–H and O–H groups in total. The molecule has 1 aliphatic carbocycles. The summed E-state index contributed by atoms with van der Waals surface area (Å²) in [5, 5.41) is 14.4. The molecule has 0 aromatic heterocycles. The Morgan fingerprint density at radius 3 is 2.40 bits per heavy atom. The molecule has 5 heteroatoms. The molecule has 0 saturated heterocycles. The molecule has 1 fully saturated rings. The van der Waals surface area contributed by atoms with Crippen LogP contribution in [0.5, 0.6) is 0 Å². The fraction of sp³-hybridized carbons (Fsp3) is 0.800. The van der Waals surface area contributed by atoms with Crippen LogP contribution < -0.4 is 10.6 Å². The van der Waals surface area contributed by atoms with Gasteiger partial charge in [0.25, 0.3) is 0 Å². The van der Waals surface area contributed by atoms with Gasteiger partial charge in [0.1, 0.15) is 0 Å². The second kappa shape index (κ2) is 5.70. The van der Waals surface area contributed by atoms with Crippen LogP contribution in [0.4, 0.5) is 0 Å². The second-order valence-electron chi connectivity index (χ2n) is 3.97. The van der Waals surface area contributed by atoms with Crippen LogP contribution >= 0.6 is 0 Å². The first-order valence-electron chi connectivity index (χ1n) is 5.32. The van der Waals surface area contributed by atoms with Crippen molar-refractivity contribution in [1.82, 2.24) is 10.6 Å². The first-order valence-corrected chi connectivity index (χ1v) is 5.32. The number of carboxylic acids is 1. The highest BCUT2D eigenvalue weighted by Crippen LogP contribution is 2.18. The van der Waals surface area contributed by atoms with E-state index < -0.39 is 5.97 Å². The Morgan fingerprint density at radius 1 is 1.27 bits per heavy atom. The predicted octanol–water partition coefficient (Wildman–Crippen LogP) is 0.108. The molecule has 0 aliphatic heterocycles. The third-order valence-electron chi connectivity index (χ3n) is 2.67. The van der Waals surface area contributed by atoms with Gasteiger partial charge in [-0.1, -0.05) is 12.8 Å². The molecule has 86 valence electrons. The number of hydrogen-bond donors (Lipinski definition) is 3. The van der Waals surface area contributed by atoms with Gasteiger partial charge in [-0.3, -0.25) is 9.59 Å². The van der Waals surface area contributed by atoms with Gasteiger partial charge in [0.15, 0.2) is 0 Å². The summed E-state index contributed by atoms with van der Waals surface area (Å²) in [4.78, 5) is 21.4. The summed E-state index contributed by atoms with van der Waals surface area (Å²) in [5.74, 6) is -0.911. The standard InChI is InChI=1S/C10H18N2O3/c1-7(13)12-9-5-3-2-4-8(9)11-6-10(14)15/h8-9,11H,2-6H2,1H3,(H,12,13)(H,14,15)/t8-,9-/m0/s1. The van der Waals surface area contributed by atoms with E-state index in [1.165, 1.54) is 6.92 Å². The monoisotopic (exact) mass is 214 g/mol. The Balaban J connectivity index is 2.42. The number of carboxylic acid groups (broad SMARTS) is 1. The van der Waals surface area contributed by atoms with E-state index in [-0.39, 0.29) is 24.5 Å². The van der Waals surface area contributed by atoms with Crippen molar-refractivity contribution in [3.8, 4) is 0 Å². The van der Waals surface area contributed by atoms with Crippen LogP contribution in [0.15, 0.2) is 0 Å². The smallest absolute Gasteiger partial charge is 0.317 e. The molecule has 0 radical (unpaired) electrons. The Labute approximate surface area is 89.2 Å². The molecule has 1 aliphatic rings. The quantitative estimate of drug-likeness (QED) is 0.620. The van der Waals surface area contributed by atoms with Crippen LogP contribution in [-0.2, 0) is 9.59 Å². The van der Waals surface area contributed by atoms with Gasteiger partial charge >= 0.3 is 5.97 Å². The maximum atomic E-state index is 10.9. The molecular weight excluding hydrogens is 196 g/mol. The highest BCUT2D eigenvalue weighted by atomic mass is 16.4. The van der Waals surface area contributed by atoms with Crippen LogP contribution in [0.3, 0.4) is 0 Å². The van der Waals surface area contributed by atoms with E-state index in [2.05, 4.69) is 10.6 Å². The summed E-state index contributed by atoms with van der Waals surface area (Å²) in [5.41, 5.74) is 0. The van der Waals surface area contributed by atoms with Crippen molar-refractivity contribution in [2.24, 2.45) is 0 Å². The maximum Gasteiger partial charge on any atom is 0.317 e. The molecular formula is C10H18N2O3. The average molecular weight is 214 g/mol. The van der Waals surface area contributed by atoms with E-state index in [9.17, 15) is 9.59 Å². The Morgan fingerprint density at radius 2 is 1.87 bits per heavy atom. The number of nitrogens with one attached hydrogen (secondary N) is 2. The molecule has 5 nitrogen and oxygen atoms in total. The number of aliphatic carboxylic acids is 1. The first kappa shape index (κ1) is 12.0. The third kappa shape index (κ3) is 4.29. The van der Waals surface area contributed by atoms with Gasteiger partial charge in [-0.2, -0.15) is 0 Å². The molecule has 1 amide bonds. The van der Waals surface area contributed by atoms with Crippen molar-refractivity contribution < 1.29 is 14.7 Å². The predicted molar refractivity (Wildman–Crippen MR) is 55.5 cm³/mol. The fourth-order valence-corrected chi connectivity index (χ4v) is 2.03. The van der Waals surface area contributed by atoms with Crippen molar-refractivity contribution in [1.29, 1.82) is 0 Å². The summed E-state index contributed by atoms with van der Waals surface area (Å²) in [6.07, 6.45) is 4.04. The molecule has 0 aromatic rings. The Hall–Kier alpha value is -1.10. The highest BCUT2D eigenvalue weighted by molar-refractivity contribution is 5.73. The van der Waals surface area contributed by atoms with E-state index in [0.29, 0.717) is 0 Å². The first-order chi connectivity index (χ1) is 7.09. The van der Waals surface area contributed by atoms with Crippen LogP contribution in [0.1, 0.15) is 32.6 Å². The minimum atomic E-state index is -0.859. The lowest BCUT2D eigenvalue weighted by Gasteiger charge is -2.32. The van der Waals surface area contributed by atoms with Crippen LogP contribution in [0.25, 0.3) is 0 Å². The molecule has 0 aromatic carbocycles. The summed E-state index contributed by atoms with van der Waals surface area (Å²) >= 11 is 0. The topological polar surface area (TPSA) is 78.4 Å². The Kier molecular flexibility index (Phi) is 4.55. The van der Waals surface area contributed by atoms with E-state index >= 15 is 0 Å². The van der Waals surface area contributed by atoms with Crippen molar-refractivity contribution in [3.63, 3.8) is 0 Å². The normalized spacial score (nSPS) is 25.9. The van der Waals surface area contributed by atoms with Gasteiger partial charge in [0.05, 0.1) is 6.54 Å². The molecule has 1 saturated carbocycles. The largest absolute Gasteiger partial charge is 0.480 e. The molecule has 0 spiro atoms. The SMILES string of the molecule is CC(=O)N[C@H]1CCCC[C@@H]1NCC(=O)O. The summed E-state index contributed by atoms with van der Waals surface area (Å²) in [7, 11) is 0. The second-order valence-corrected chi connectivity index (χ2v) is 3.97. The lowest BCUT2D eigenvalue weighted by atomic mass is 9.90. The molecule has 15 heavy (non-hydrogen) atoms. The molecule has 2 atom stereocenters. The van der Waals surface area contributed by atoms with E-state index in [4.69, 9.17) is 5.11 Å². The zero-order valence-corrected chi connectivity index (χ0v) is 8.95. The number of amides is 1. The highest BCUT2D eigenvalue weighted by Gasteiger charge is 2.25. The molecule has 1 rings (SSSR count). The summed E-state index contributed by atoms with van der Waals surface area (Å²) in [6.45, 7) is 1.45. The molecule has 0 bridgehead atoms. The third-order valence-corrected chi connectivity index (χ3v) is 2.67. The Bertz CT molecular complexity index is 243. The van der Waals surface area contributed by atoms with Crippen LogP contribution in [-0.4, -0.2) is 35.6 Å². The number of hydrogen-bond acceptors (Lipinski definition) is 3. The summed E-state index contributed by atoms with van der Waals surface area (Å²) in [6, 6.07) is 0.175. The number of rotatable bonds is 4. The van der Waals surface area contributed by atoms with E-state index in [1.807, 2.05) is 0 Å². The average Bonchev–Trinajstić information content (AvgIpc) is 2.15. The maximum absolute atomic E-state index is 10.9. The van der Waals surface area contributed by atoms with E-state index in [1.54, 1.807) is 0 Å². The molecule has 0 heterocycles. The fourth-order valence-electron chi connectivity index (χ4n) is 2.03. The minimum absolute atomic E-state index is 0.0409. The van der Waals surface area contributed by atoms with Crippen LogP contribution in [0, 0.1) is 0 Å². The van der Waals surface area contributed by atoms with Crippen molar-refractivity contribution >= 4 is 11.9 Å². The lowest BCUT2D eigenvalue weighted by Crippen LogP contribution is -2.52. The lowest BCUT2D eigenvalue weighted by molar-refractivity contribution is -0.136.